The Morgan fingerprint density at radius 1 is 0.939 bits per heavy atom. The van der Waals surface area contributed by atoms with E-state index in [1.165, 1.54) is 11.5 Å². The maximum atomic E-state index is 12.7. The Kier molecular flexibility index (Phi) is 7.66. The zero-order chi connectivity index (χ0) is 22.9. The van der Waals surface area contributed by atoms with E-state index in [0.29, 0.717) is 19.5 Å². The molecule has 0 radical (unpaired) electrons. The van der Waals surface area contributed by atoms with Gasteiger partial charge in [0.05, 0.1) is 13.7 Å². The number of aromatic nitrogens is 2. The lowest BCUT2D eigenvalue weighted by Crippen LogP contribution is -2.36. The lowest BCUT2D eigenvalue weighted by molar-refractivity contribution is -0.119. The summed E-state index contributed by atoms with van der Waals surface area (Å²) in [6, 6.07) is 27.9. The molecule has 0 aliphatic rings. The quantitative estimate of drug-likeness (QED) is 0.380. The van der Waals surface area contributed by atoms with Crippen LogP contribution in [0.2, 0.25) is 0 Å². The average molecular weight is 459 g/mol. The molecule has 0 fully saturated rings. The summed E-state index contributed by atoms with van der Waals surface area (Å²) in [7, 11) is 1.66. The lowest BCUT2D eigenvalue weighted by Gasteiger charge is -2.21. The second-order valence-corrected chi connectivity index (χ2v) is 8.36. The normalized spacial score (nSPS) is 10.6. The predicted molar refractivity (Wildman–Crippen MR) is 131 cm³/mol. The van der Waals surface area contributed by atoms with E-state index in [2.05, 4.69) is 9.69 Å². The van der Waals surface area contributed by atoms with Gasteiger partial charge in [0.2, 0.25) is 11.0 Å². The fourth-order valence-electron chi connectivity index (χ4n) is 3.43. The molecule has 0 saturated heterocycles. The molecule has 0 bridgehead atoms. The van der Waals surface area contributed by atoms with Crippen LogP contribution in [0.5, 0.6) is 5.75 Å². The second kappa shape index (κ2) is 11.2. The number of nitrogens with zero attached hydrogens (tertiary/aromatic N) is 3. The monoisotopic (exact) mass is 458 g/mol. The van der Waals surface area contributed by atoms with E-state index in [9.17, 15) is 4.79 Å². The van der Waals surface area contributed by atoms with E-state index in [4.69, 9.17) is 9.72 Å². The molecule has 168 valence electrons. The van der Waals surface area contributed by atoms with Gasteiger partial charge in [-0.05, 0) is 28.8 Å². The van der Waals surface area contributed by atoms with Gasteiger partial charge in [-0.3, -0.25) is 4.79 Å². The summed E-state index contributed by atoms with van der Waals surface area (Å²) in [5, 5.41) is 3.73. The van der Waals surface area contributed by atoms with Gasteiger partial charge in [-0.2, -0.15) is 4.37 Å². The number of hydrogen-bond donors (Lipinski definition) is 1. The minimum atomic E-state index is -0.0562. The summed E-state index contributed by atoms with van der Waals surface area (Å²) in [5.41, 5.74) is 3.25. The van der Waals surface area contributed by atoms with Crippen molar-refractivity contribution >= 4 is 22.6 Å². The molecule has 4 rings (SSSR count). The van der Waals surface area contributed by atoms with Gasteiger partial charge < -0.3 is 15.0 Å². The van der Waals surface area contributed by atoms with Crippen LogP contribution in [0.3, 0.4) is 0 Å². The van der Waals surface area contributed by atoms with E-state index in [-0.39, 0.29) is 12.5 Å². The Morgan fingerprint density at radius 3 is 2.36 bits per heavy atom. The molecular weight excluding hydrogens is 432 g/mol. The van der Waals surface area contributed by atoms with Gasteiger partial charge in [0, 0.05) is 31.0 Å². The number of anilines is 1. The minimum Gasteiger partial charge on any atom is -0.497 e. The summed E-state index contributed by atoms with van der Waals surface area (Å²) in [5.74, 6) is 1.48. The Morgan fingerprint density at radius 2 is 1.64 bits per heavy atom. The molecule has 7 heteroatoms. The van der Waals surface area contributed by atoms with Crippen molar-refractivity contribution in [3.05, 3.63) is 107 Å². The highest BCUT2D eigenvalue weighted by atomic mass is 32.1. The molecule has 0 atom stereocenters. The first-order chi connectivity index (χ1) is 16.2. The summed E-state index contributed by atoms with van der Waals surface area (Å²) in [6.45, 7) is 1.28. The van der Waals surface area contributed by atoms with Gasteiger partial charge in [-0.15, -0.1) is 0 Å². The first-order valence-electron chi connectivity index (χ1n) is 10.7. The number of amides is 1. The number of ether oxygens (including phenoxy) is 1. The van der Waals surface area contributed by atoms with Crippen molar-refractivity contribution in [2.45, 2.75) is 19.5 Å². The van der Waals surface area contributed by atoms with Crippen molar-refractivity contribution in [3.8, 4) is 5.75 Å². The Hall–Kier alpha value is -3.71. The Balaban J connectivity index is 1.46. The third kappa shape index (κ3) is 6.63. The van der Waals surface area contributed by atoms with Crippen molar-refractivity contribution in [3.63, 3.8) is 0 Å². The summed E-state index contributed by atoms with van der Waals surface area (Å²) in [4.78, 5) is 19.5. The molecule has 6 nitrogen and oxygen atoms in total. The van der Waals surface area contributed by atoms with Crippen molar-refractivity contribution in [1.82, 2.24) is 14.7 Å². The molecule has 0 saturated carbocycles. The van der Waals surface area contributed by atoms with Crippen molar-refractivity contribution in [2.24, 2.45) is 0 Å². The standard InChI is InChI=1S/C26H26N4O2S/c1-32-23-14-8-13-22(15-23)16-24-28-26(33-29-24)30(18-21-11-6-3-7-12-21)19-25(31)27-17-20-9-4-2-5-10-20/h2-15H,16-19H2,1H3,(H,27,31). The first-order valence-corrected chi connectivity index (χ1v) is 11.5. The highest BCUT2D eigenvalue weighted by molar-refractivity contribution is 7.09. The molecular formula is C26H26N4O2S. The molecule has 1 N–H and O–H groups in total. The Bertz CT molecular complexity index is 1170. The molecule has 1 amide bonds. The molecule has 33 heavy (non-hydrogen) atoms. The first kappa shape index (κ1) is 22.5. The van der Waals surface area contributed by atoms with Gasteiger partial charge in [-0.1, -0.05) is 72.8 Å². The fourth-order valence-corrected chi connectivity index (χ4v) is 4.11. The molecule has 1 heterocycles. The van der Waals surface area contributed by atoms with Crippen molar-refractivity contribution in [1.29, 1.82) is 0 Å². The van der Waals surface area contributed by atoms with Crippen LogP contribution in [0, 0.1) is 0 Å². The predicted octanol–water partition coefficient (Wildman–Crippen LogP) is 4.46. The number of nitrogens with one attached hydrogen (secondary N) is 1. The fraction of sp³-hybridized carbons (Fsp3) is 0.192. The SMILES string of the molecule is COc1cccc(Cc2nsc(N(CC(=O)NCc3ccccc3)Cc3ccccc3)n2)c1. The van der Waals surface area contributed by atoms with Crippen LogP contribution in [0.4, 0.5) is 5.13 Å². The van der Waals surface area contributed by atoms with Crippen molar-refractivity contribution in [2.75, 3.05) is 18.6 Å². The van der Waals surface area contributed by atoms with E-state index < -0.39 is 0 Å². The molecule has 0 aliphatic heterocycles. The molecule has 4 aromatic rings. The minimum absolute atomic E-state index is 0.0562. The molecule has 3 aromatic carbocycles. The van der Waals surface area contributed by atoms with Crippen LogP contribution >= 0.6 is 11.5 Å². The number of carbonyl (C=O) groups excluding carboxylic acids is 1. The number of hydrogen-bond acceptors (Lipinski definition) is 6. The van der Waals surface area contributed by atoms with Crippen LogP contribution < -0.4 is 15.0 Å². The molecule has 0 aliphatic carbocycles. The summed E-state index contributed by atoms with van der Waals surface area (Å²) in [6.07, 6.45) is 0.604. The van der Waals surface area contributed by atoms with Gasteiger partial charge in [0.25, 0.3) is 0 Å². The smallest absolute Gasteiger partial charge is 0.239 e. The number of rotatable bonds is 10. The van der Waals surface area contributed by atoms with Crippen LogP contribution in [-0.4, -0.2) is 28.9 Å². The summed E-state index contributed by atoms with van der Waals surface area (Å²) >= 11 is 1.32. The van der Waals surface area contributed by atoms with Crippen LogP contribution in [0.1, 0.15) is 22.5 Å². The van der Waals surface area contributed by atoms with E-state index in [1.54, 1.807) is 7.11 Å². The highest BCUT2D eigenvalue weighted by Gasteiger charge is 2.17. The highest BCUT2D eigenvalue weighted by Crippen LogP contribution is 2.22. The van der Waals surface area contributed by atoms with E-state index >= 15 is 0 Å². The van der Waals surface area contributed by atoms with E-state index in [0.717, 1.165) is 33.4 Å². The van der Waals surface area contributed by atoms with Crippen molar-refractivity contribution < 1.29 is 9.53 Å². The van der Waals surface area contributed by atoms with Gasteiger partial charge in [-0.25, -0.2) is 4.98 Å². The zero-order valence-electron chi connectivity index (χ0n) is 18.5. The van der Waals surface area contributed by atoms with Crippen LogP contribution in [0.25, 0.3) is 0 Å². The van der Waals surface area contributed by atoms with Gasteiger partial charge in [0.1, 0.15) is 11.6 Å². The lowest BCUT2D eigenvalue weighted by atomic mass is 10.1. The molecule has 0 unspecified atom stereocenters. The number of methoxy groups -OCH3 is 1. The molecule has 1 aromatic heterocycles. The zero-order valence-corrected chi connectivity index (χ0v) is 19.3. The number of carbonyl (C=O) groups is 1. The van der Waals surface area contributed by atoms with E-state index in [1.807, 2.05) is 89.8 Å². The second-order valence-electron chi connectivity index (χ2n) is 7.63. The Labute approximate surface area is 198 Å². The van der Waals surface area contributed by atoms with Gasteiger partial charge >= 0.3 is 0 Å². The maximum absolute atomic E-state index is 12.7. The largest absolute Gasteiger partial charge is 0.497 e. The third-order valence-electron chi connectivity index (χ3n) is 5.11. The van der Waals surface area contributed by atoms with Crippen LogP contribution in [-0.2, 0) is 24.3 Å². The topological polar surface area (TPSA) is 67.3 Å². The maximum Gasteiger partial charge on any atom is 0.239 e. The third-order valence-corrected chi connectivity index (χ3v) is 5.92. The number of benzene rings is 3. The summed E-state index contributed by atoms with van der Waals surface area (Å²) < 4.78 is 9.86. The van der Waals surface area contributed by atoms with Crippen LogP contribution in [0.15, 0.2) is 84.9 Å². The van der Waals surface area contributed by atoms with Gasteiger partial charge in [0.15, 0.2) is 0 Å². The molecule has 0 spiro atoms. The average Bonchev–Trinajstić information content (AvgIpc) is 3.32.